The minimum Gasteiger partial charge on any atom is -0.352 e. The lowest BCUT2D eigenvalue weighted by Gasteiger charge is -2.65. The molecule has 2 aliphatic heterocycles. The molecule has 5 nitrogen and oxygen atoms in total. The van der Waals surface area contributed by atoms with Crippen LogP contribution in [0.5, 0.6) is 0 Å². The average molecular weight is 475 g/mol. The van der Waals surface area contributed by atoms with E-state index in [-0.39, 0.29) is 17.6 Å². The van der Waals surface area contributed by atoms with Crippen LogP contribution < -0.4 is 5.32 Å². The molecule has 0 bridgehead atoms. The molecule has 3 aliphatic carbocycles. The van der Waals surface area contributed by atoms with E-state index in [9.17, 15) is 4.79 Å². The van der Waals surface area contributed by atoms with Crippen LogP contribution in [0.1, 0.15) is 98.8 Å². The van der Waals surface area contributed by atoms with E-state index in [1.165, 1.54) is 57.8 Å². The van der Waals surface area contributed by atoms with Crippen LogP contribution in [0, 0.1) is 34.0 Å². The van der Waals surface area contributed by atoms with Crippen LogP contribution in [-0.2, 0) is 14.3 Å². The second-order valence-corrected chi connectivity index (χ2v) is 13.8. The van der Waals surface area contributed by atoms with Crippen molar-refractivity contribution < 1.29 is 14.3 Å². The summed E-state index contributed by atoms with van der Waals surface area (Å²) in [4.78, 5) is 14.1. The number of rotatable bonds is 5. The van der Waals surface area contributed by atoms with Crippen LogP contribution in [-0.4, -0.2) is 55.5 Å². The van der Waals surface area contributed by atoms with E-state index in [0.29, 0.717) is 40.7 Å². The summed E-state index contributed by atoms with van der Waals surface area (Å²) >= 11 is 0. The van der Waals surface area contributed by atoms with Gasteiger partial charge in [-0.1, -0.05) is 40.5 Å². The summed E-state index contributed by atoms with van der Waals surface area (Å²) in [7, 11) is 0. The Balaban J connectivity index is 1.27. The normalized spacial score (nSPS) is 45.0. The second kappa shape index (κ2) is 9.34. The molecule has 5 rings (SSSR count). The summed E-state index contributed by atoms with van der Waals surface area (Å²) in [6.45, 7) is 16.0. The number of likely N-dealkylation sites (tertiary alicyclic amines) is 1. The zero-order valence-electron chi connectivity index (χ0n) is 22.5. The Morgan fingerprint density at radius 1 is 1.00 bits per heavy atom. The maximum Gasteiger partial charge on any atom is 0.217 e. The molecule has 1 unspecified atom stereocenters. The fourth-order valence-corrected chi connectivity index (χ4v) is 9.41. The largest absolute Gasteiger partial charge is 0.352 e. The third kappa shape index (κ3) is 4.47. The van der Waals surface area contributed by atoms with E-state index in [1.807, 2.05) is 0 Å². The third-order valence-electron chi connectivity index (χ3n) is 11.1. The van der Waals surface area contributed by atoms with Crippen molar-refractivity contribution in [3.8, 4) is 0 Å². The van der Waals surface area contributed by atoms with Gasteiger partial charge in [0.2, 0.25) is 5.91 Å². The van der Waals surface area contributed by atoms with Crippen molar-refractivity contribution >= 4 is 5.91 Å². The first-order valence-electron chi connectivity index (χ1n) is 14.4. The number of hydrogen-bond donors (Lipinski definition) is 1. The Morgan fingerprint density at radius 3 is 2.50 bits per heavy atom. The van der Waals surface area contributed by atoms with E-state index < -0.39 is 0 Å². The van der Waals surface area contributed by atoms with E-state index in [1.54, 1.807) is 6.92 Å². The fourth-order valence-electron chi connectivity index (χ4n) is 9.41. The van der Waals surface area contributed by atoms with Gasteiger partial charge in [0.1, 0.15) is 0 Å². The summed E-state index contributed by atoms with van der Waals surface area (Å²) in [6.07, 6.45) is 13.1. The Morgan fingerprint density at radius 2 is 1.76 bits per heavy atom. The Labute approximate surface area is 208 Å². The van der Waals surface area contributed by atoms with E-state index in [0.717, 1.165) is 32.7 Å². The van der Waals surface area contributed by atoms with Gasteiger partial charge in [-0.3, -0.25) is 4.79 Å². The number of nitrogens with zero attached hydrogens (tertiary/aromatic N) is 1. The van der Waals surface area contributed by atoms with Gasteiger partial charge in [0.15, 0.2) is 6.29 Å². The lowest BCUT2D eigenvalue weighted by atomic mass is 9.42. The van der Waals surface area contributed by atoms with Crippen LogP contribution in [0.25, 0.3) is 0 Å². The number of fused-ring (bicyclic) bond motifs is 3. The van der Waals surface area contributed by atoms with Gasteiger partial charge in [-0.05, 0) is 80.6 Å². The van der Waals surface area contributed by atoms with Gasteiger partial charge in [-0.15, -0.1) is 0 Å². The van der Waals surface area contributed by atoms with Crippen molar-refractivity contribution in [2.75, 3.05) is 26.2 Å². The topological polar surface area (TPSA) is 50.8 Å². The predicted molar refractivity (Wildman–Crippen MR) is 135 cm³/mol. The maximum atomic E-state index is 11.5. The standard InChI is InChI=1S/C29H50N2O3/c1-20(32)30-22-12-16-31(18-22)17-13-23-27(2,3)14-10-24-28(23,4)15-11-25-29(24,5)19-33-26(34-25)21-8-6-7-9-21/h21-26H,6-19H2,1-5H3,(H,30,32)/t22-,23+,24?,25+,26+,28-,29-/m0/s1. The SMILES string of the molecule is CC(=O)N[C@H]1CCN(CC[C@@H]2C(C)(C)CCC3[C@]4(C)CO[C@@H](C5CCCC5)O[C@@H]4CC[C@]32C)C1. The van der Waals surface area contributed by atoms with E-state index in [2.05, 4.69) is 37.9 Å². The van der Waals surface area contributed by atoms with Crippen molar-refractivity contribution in [1.82, 2.24) is 10.2 Å². The smallest absolute Gasteiger partial charge is 0.217 e. The summed E-state index contributed by atoms with van der Waals surface area (Å²) in [5.41, 5.74) is 0.853. The fraction of sp³-hybridized carbons (Fsp3) is 0.966. The van der Waals surface area contributed by atoms with Gasteiger partial charge in [0.05, 0.1) is 12.7 Å². The number of carbonyl (C=O) groups excluding carboxylic acids is 1. The minimum absolute atomic E-state index is 0.0486. The van der Waals surface area contributed by atoms with Gasteiger partial charge in [-0.2, -0.15) is 0 Å². The van der Waals surface area contributed by atoms with Crippen LogP contribution in [0.4, 0.5) is 0 Å². The number of amides is 1. The highest BCUT2D eigenvalue weighted by Crippen LogP contribution is 2.66. The van der Waals surface area contributed by atoms with Gasteiger partial charge in [-0.25, -0.2) is 0 Å². The van der Waals surface area contributed by atoms with E-state index in [4.69, 9.17) is 9.47 Å². The molecule has 0 aromatic carbocycles. The molecule has 5 aliphatic rings. The lowest BCUT2D eigenvalue weighted by Crippen LogP contribution is -2.63. The highest BCUT2D eigenvalue weighted by atomic mass is 16.7. The summed E-state index contributed by atoms with van der Waals surface area (Å²) in [5, 5.41) is 3.13. The molecule has 7 atom stereocenters. The molecular formula is C29H50N2O3. The van der Waals surface area contributed by atoms with Crippen molar-refractivity contribution in [2.45, 2.75) is 117 Å². The van der Waals surface area contributed by atoms with Crippen LogP contribution in [0.2, 0.25) is 0 Å². The Bertz CT molecular complexity index is 750. The van der Waals surface area contributed by atoms with Gasteiger partial charge in [0, 0.05) is 37.4 Å². The lowest BCUT2D eigenvalue weighted by molar-refractivity contribution is -0.322. The average Bonchev–Trinajstić information content (AvgIpc) is 3.44. The highest BCUT2D eigenvalue weighted by Gasteiger charge is 2.62. The van der Waals surface area contributed by atoms with Gasteiger partial charge in [0.25, 0.3) is 0 Å². The van der Waals surface area contributed by atoms with Gasteiger partial charge >= 0.3 is 0 Å². The predicted octanol–water partition coefficient (Wildman–Crippen LogP) is 5.38. The van der Waals surface area contributed by atoms with Crippen molar-refractivity contribution in [3.63, 3.8) is 0 Å². The summed E-state index contributed by atoms with van der Waals surface area (Å²) in [6, 6.07) is 0.332. The number of ether oxygens (including phenoxy) is 2. The quantitative estimate of drug-likeness (QED) is 0.581. The van der Waals surface area contributed by atoms with Crippen molar-refractivity contribution in [1.29, 1.82) is 0 Å². The molecule has 2 saturated heterocycles. The zero-order valence-corrected chi connectivity index (χ0v) is 22.5. The zero-order chi connectivity index (χ0) is 24.1. The summed E-state index contributed by atoms with van der Waals surface area (Å²) < 4.78 is 13.3. The molecule has 5 fully saturated rings. The van der Waals surface area contributed by atoms with Crippen molar-refractivity contribution in [2.24, 2.45) is 34.0 Å². The first-order chi connectivity index (χ1) is 16.1. The molecule has 0 aromatic heterocycles. The molecular weight excluding hydrogens is 424 g/mol. The first kappa shape index (κ1) is 25.0. The van der Waals surface area contributed by atoms with Crippen LogP contribution in [0.15, 0.2) is 0 Å². The number of nitrogens with one attached hydrogen (secondary N) is 1. The van der Waals surface area contributed by atoms with Gasteiger partial charge < -0.3 is 19.7 Å². The molecule has 3 saturated carbocycles. The Hall–Kier alpha value is -0.650. The minimum atomic E-state index is 0.0486. The number of hydrogen-bond acceptors (Lipinski definition) is 4. The van der Waals surface area contributed by atoms with Crippen molar-refractivity contribution in [3.05, 3.63) is 0 Å². The molecule has 2 heterocycles. The molecule has 0 aromatic rings. The first-order valence-corrected chi connectivity index (χ1v) is 14.4. The molecule has 34 heavy (non-hydrogen) atoms. The molecule has 1 N–H and O–H groups in total. The van der Waals surface area contributed by atoms with Crippen LogP contribution >= 0.6 is 0 Å². The summed E-state index contributed by atoms with van der Waals surface area (Å²) in [5.74, 6) is 2.11. The number of carbonyl (C=O) groups is 1. The molecule has 1 amide bonds. The van der Waals surface area contributed by atoms with E-state index >= 15 is 0 Å². The highest BCUT2D eigenvalue weighted by molar-refractivity contribution is 5.73. The molecule has 0 spiro atoms. The third-order valence-corrected chi connectivity index (χ3v) is 11.1. The Kier molecular flexibility index (Phi) is 6.87. The molecule has 0 radical (unpaired) electrons. The molecule has 194 valence electrons. The molecule has 5 heteroatoms. The second-order valence-electron chi connectivity index (χ2n) is 13.8. The maximum absolute atomic E-state index is 11.5. The monoisotopic (exact) mass is 474 g/mol. The van der Waals surface area contributed by atoms with Crippen LogP contribution in [0.3, 0.4) is 0 Å².